The zero-order chi connectivity index (χ0) is 24.4. The molecule has 2 aromatic carbocycles. The molecule has 4 nitrogen and oxygen atoms in total. The first-order valence-corrected chi connectivity index (χ1v) is 12.0. The number of nitrogens with one attached hydrogen (secondary N) is 2. The molecule has 1 heterocycles. The van der Waals surface area contributed by atoms with Crippen molar-refractivity contribution in [2.24, 2.45) is 0 Å². The van der Waals surface area contributed by atoms with E-state index < -0.39 is 11.7 Å². The highest BCUT2D eigenvalue weighted by molar-refractivity contribution is 5.63. The van der Waals surface area contributed by atoms with Crippen molar-refractivity contribution in [2.45, 2.75) is 71.4 Å². The van der Waals surface area contributed by atoms with E-state index in [9.17, 15) is 13.2 Å². The molecule has 0 unspecified atom stereocenters. The maximum atomic E-state index is 13.6. The van der Waals surface area contributed by atoms with Gasteiger partial charge in [0, 0.05) is 17.6 Å². The molecule has 0 saturated carbocycles. The predicted octanol–water partition coefficient (Wildman–Crippen LogP) is 8.45. The fourth-order valence-electron chi connectivity index (χ4n) is 3.66. The van der Waals surface area contributed by atoms with E-state index >= 15 is 0 Å². The van der Waals surface area contributed by atoms with Crippen molar-refractivity contribution in [3.05, 3.63) is 71.4 Å². The van der Waals surface area contributed by atoms with Gasteiger partial charge in [0.1, 0.15) is 11.4 Å². The number of nitrogens with zero attached hydrogens (tertiary/aromatic N) is 2. The van der Waals surface area contributed by atoms with Gasteiger partial charge in [-0.2, -0.15) is 18.2 Å². The first kappa shape index (κ1) is 25.5. The third kappa shape index (κ3) is 7.75. The number of aromatic nitrogens is 2. The lowest BCUT2D eigenvalue weighted by molar-refractivity contribution is -0.137. The van der Waals surface area contributed by atoms with E-state index in [0.717, 1.165) is 44.0 Å². The molecule has 2 N–H and O–H groups in total. The number of alkyl halides is 3. The van der Waals surface area contributed by atoms with Crippen LogP contribution in [0.25, 0.3) is 0 Å². The maximum Gasteiger partial charge on any atom is 0.421 e. The molecule has 0 spiro atoms. The number of hydrogen-bond donors (Lipinski definition) is 2. The molecule has 7 heteroatoms. The van der Waals surface area contributed by atoms with Crippen LogP contribution in [-0.2, 0) is 19.0 Å². The molecule has 0 saturated heterocycles. The third-order valence-electron chi connectivity index (χ3n) is 5.66. The average molecular weight is 471 g/mol. The Hall–Kier alpha value is -3.09. The van der Waals surface area contributed by atoms with Crippen LogP contribution in [0, 0.1) is 0 Å². The fourth-order valence-corrected chi connectivity index (χ4v) is 3.66. The van der Waals surface area contributed by atoms with E-state index in [1.165, 1.54) is 30.4 Å². The standard InChI is InChI=1S/C27H33F3N4/c1-3-5-7-8-10-21-11-15-22(16-12-21)32-25-24(27(28,29)30)19-31-26(34-25)33-23-17-13-20(14-18-23)9-6-4-2/h11-19H,3-10H2,1-2H3,(H2,31,32,33,34). The molecule has 0 radical (unpaired) electrons. The van der Waals surface area contributed by atoms with E-state index in [1.54, 1.807) is 12.1 Å². The largest absolute Gasteiger partial charge is 0.421 e. The minimum Gasteiger partial charge on any atom is -0.340 e. The van der Waals surface area contributed by atoms with Crippen LogP contribution in [0.15, 0.2) is 54.7 Å². The van der Waals surface area contributed by atoms with Gasteiger partial charge in [-0.1, -0.05) is 63.8 Å². The lowest BCUT2D eigenvalue weighted by Crippen LogP contribution is -2.12. The first-order valence-electron chi connectivity index (χ1n) is 12.0. The van der Waals surface area contributed by atoms with Crippen molar-refractivity contribution in [3.63, 3.8) is 0 Å². The molecular weight excluding hydrogens is 437 g/mol. The van der Waals surface area contributed by atoms with Crippen LogP contribution in [0.2, 0.25) is 0 Å². The molecule has 182 valence electrons. The van der Waals surface area contributed by atoms with E-state index in [-0.39, 0.29) is 11.8 Å². The van der Waals surface area contributed by atoms with E-state index in [4.69, 9.17) is 0 Å². The SMILES string of the molecule is CCCCCCc1ccc(Nc2nc(Nc3ccc(CCCC)cc3)ncc2C(F)(F)F)cc1. The van der Waals surface area contributed by atoms with Crippen molar-refractivity contribution in [3.8, 4) is 0 Å². The van der Waals surface area contributed by atoms with Crippen molar-refractivity contribution < 1.29 is 13.2 Å². The smallest absolute Gasteiger partial charge is 0.340 e. The van der Waals surface area contributed by atoms with Gasteiger partial charge in [-0.3, -0.25) is 0 Å². The molecular formula is C27H33F3N4. The average Bonchev–Trinajstić information content (AvgIpc) is 2.82. The van der Waals surface area contributed by atoms with Gasteiger partial charge in [-0.15, -0.1) is 0 Å². The van der Waals surface area contributed by atoms with Crippen LogP contribution in [0.3, 0.4) is 0 Å². The summed E-state index contributed by atoms with van der Waals surface area (Å²) in [6.07, 6.45) is 5.14. The van der Waals surface area contributed by atoms with Crippen molar-refractivity contribution in [1.29, 1.82) is 0 Å². The van der Waals surface area contributed by atoms with E-state index in [2.05, 4.69) is 34.4 Å². The summed E-state index contributed by atoms with van der Waals surface area (Å²) < 4.78 is 40.7. The van der Waals surface area contributed by atoms with Crippen molar-refractivity contribution >= 4 is 23.1 Å². The summed E-state index contributed by atoms with van der Waals surface area (Å²) in [6, 6.07) is 15.3. The first-order chi connectivity index (χ1) is 16.4. The van der Waals surface area contributed by atoms with Crippen LogP contribution in [0.4, 0.5) is 36.3 Å². The summed E-state index contributed by atoms with van der Waals surface area (Å²) in [4.78, 5) is 8.04. The molecule has 0 aliphatic rings. The molecule has 1 aromatic heterocycles. The lowest BCUT2D eigenvalue weighted by atomic mass is 10.1. The second kappa shape index (κ2) is 12.4. The Kier molecular flexibility index (Phi) is 9.31. The normalized spacial score (nSPS) is 11.4. The number of benzene rings is 2. The van der Waals surface area contributed by atoms with Gasteiger partial charge in [0.15, 0.2) is 0 Å². The van der Waals surface area contributed by atoms with Gasteiger partial charge < -0.3 is 10.6 Å². The zero-order valence-electron chi connectivity index (χ0n) is 19.9. The van der Waals surface area contributed by atoms with Crippen molar-refractivity contribution in [1.82, 2.24) is 9.97 Å². The van der Waals surface area contributed by atoms with Crippen LogP contribution >= 0.6 is 0 Å². The van der Waals surface area contributed by atoms with Crippen LogP contribution in [-0.4, -0.2) is 9.97 Å². The van der Waals surface area contributed by atoms with Crippen LogP contribution < -0.4 is 10.6 Å². The molecule has 0 fully saturated rings. The molecule has 0 atom stereocenters. The molecule has 0 aliphatic carbocycles. The summed E-state index contributed by atoms with van der Waals surface area (Å²) in [6.45, 7) is 4.32. The third-order valence-corrected chi connectivity index (χ3v) is 5.66. The minimum absolute atomic E-state index is 0.101. The molecule has 0 aliphatic heterocycles. The molecule has 0 amide bonds. The second-order valence-electron chi connectivity index (χ2n) is 8.51. The minimum atomic E-state index is -4.57. The number of halogens is 3. The lowest BCUT2D eigenvalue weighted by Gasteiger charge is -2.15. The van der Waals surface area contributed by atoms with E-state index in [1.807, 2.05) is 36.4 Å². The highest BCUT2D eigenvalue weighted by Crippen LogP contribution is 2.35. The zero-order valence-corrected chi connectivity index (χ0v) is 19.9. The Morgan fingerprint density at radius 3 is 1.82 bits per heavy atom. The van der Waals surface area contributed by atoms with Crippen LogP contribution in [0.5, 0.6) is 0 Å². The monoisotopic (exact) mass is 470 g/mol. The fraction of sp³-hybridized carbons (Fsp3) is 0.407. The Morgan fingerprint density at radius 2 is 1.26 bits per heavy atom. The van der Waals surface area contributed by atoms with Gasteiger partial charge in [0.05, 0.1) is 0 Å². The Balaban J connectivity index is 1.73. The summed E-state index contributed by atoms with van der Waals surface area (Å²) in [5, 5.41) is 5.84. The highest BCUT2D eigenvalue weighted by Gasteiger charge is 2.35. The van der Waals surface area contributed by atoms with Gasteiger partial charge in [0.25, 0.3) is 0 Å². The Bertz CT molecular complexity index is 1020. The predicted molar refractivity (Wildman–Crippen MR) is 133 cm³/mol. The number of unbranched alkanes of at least 4 members (excludes halogenated alkanes) is 4. The number of hydrogen-bond acceptors (Lipinski definition) is 4. The molecule has 0 bridgehead atoms. The Labute approximate surface area is 200 Å². The molecule has 3 aromatic rings. The maximum absolute atomic E-state index is 13.6. The summed E-state index contributed by atoms with van der Waals surface area (Å²) in [7, 11) is 0. The van der Waals surface area contributed by atoms with Gasteiger partial charge in [0.2, 0.25) is 5.95 Å². The van der Waals surface area contributed by atoms with Gasteiger partial charge in [-0.25, -0.2) is 4.98 Å². The number of aryl methyl sites for hydroxylation is 2. The topological polar surface area (TPSA) is 49.8 Å². The molecule has 3 rings (SSSR count). The second-order valence-corrected chi connectivity index (χ2v) is 8.51. The molecule has 34 heavy (non-hydrogen) atoms. The summed E-state index contributed by atoms with van der Waals surface area (Å²) in [5.74, 6) is -0.176. The van der Waals surface area contributed by atoms with Crippen LogP contribution in [0.1, 0.15) is 69.1 Å². The quantitative estimate of drug-likeness (QED) is 0.261. The Morgan fingerprint density at radius 1 is 0.706 bits per heavy atom. The summed E-state index contributed by atoms with van der Waals surface area (Å²) in [5.41, 5.74) is 2.75. The van der Waals surface area contributed by atoms with Gasteiger partial charge in [-0.05, 0) is 61.1 Å². The van der Waals surface area contributed by atoms with Gasteiger partial charge >= 0.3 is 6.18 Å². The number of rotatable bonds is 12. The van der Waals surface area contributed by atoms with Crippen molar-refractivity contribution in [2.75, 3.05) is 10.6 Å². The summed E-state index contributed by atoms with van der Waals surface area (Å²) >= 11 is 0. The highest BCUT2D eigenvalue weighted by atomic mass is 19.4. The number of anilines is 4. The van der Waals surface area contributed by atoms with E-state index in [0.29, 0.717) is 5.69 Å².